The zero-order valence-electron chi connectivity index (χ0n) is 8.37. The van der Waals surface area contributed by atoms with Crippen molar-refractivity contribution >= 4 is 11.8 Å². The highest BCUT2D eigenvalue weighted by atomic mass is 32.2. The minimum atomic E-state index is -0.619. The lowest BCUT2D eigenvalue weighted by atomic mass is 9.99. The van der Waals surface area contributed by atoms with Gasteiger partial charge in [-0.25, -0.2) is 0 Å². The van der Waals surface area contributed by atoms with Crippen molar-refractivity contribution in [2.75, 3.05) is 6.26 Å². The van der Waals surface area contributed by atoms with E-state index >= 15 is 0 Å². The van der Waals surface area contributed by atoms with E-state index in [1.54, 1.807) is 11.8 Å². The molecule has 0 fully saturated rings. The largest absolute Gasteiger partial charge is 0.390 e. The molecule has 0 aromatic heterocycles. The molecule has 72 valence electrons. The van der Waals surface area contributed by atoms with Gasteiger partial charge in [0, 0.05) is 11.3 Å². The van der Waals surface area contributed by atoms with Gasteiger partial charge in [-0.15, -0.1) is 11.8 Å². The third-order valence-corrected chi connectivity index (χ3v) is 2.65. The molecule has 0 spiro atoms. The van der Waals surface area contributed by atoms with Gasteiger partial charge >= 0.3 is 0 Å². The third-order valence-electron chi connectivity index (χ3n) is 1.82. The van der Waals surface area contributed by atoms with Gasteiger partial charge < -0.3 is 5.11 Å². The van der Waals surface area contributed by atoms with Gasteiger partial charge in [0.2, 0.25) is 0 Å². The van der Waals surface area contributed by atoms with Gasteiger partial charge in [-0.1, -0.05) is 18.2 Å². The van der Waals surface area contributed by atoms with Crippen molar-refractivity contribution in [2.45, 2.75) is 30.8 Å². The summed E-state index contributed by atoms with van der Waals surface area (Å²) in [6.07, 6.45) is 2.77. The normalized spacial score (nSPS) is 11.7. The van der Waals surface area contributed by atoms with Crippen LogP contribution in [0.1, 0.15) is 19.4 Å². The average Bonchev–Trinajstić information content (AvgIpc) is 2.02. The van der Waals surface area contributed by atoms with Crippen molar-refractivity contribution in [1.29, 1.82) is 0 Å². The van der Waals surface area contributed by atoms with Crippen LogP contribution in [0.5, 0.6) is 0 Å². The first-order chi connectivity index (χ1) is 6.03. The molecule has 1 N–H and O–H groups in total. The number of rotatable bonds is 3. The second kappa shape index (κ2) is 4.16. The number of hydrogen-bond acceptors (Lipinski definition) is 2. The van der Waals surface area contributed by atoms with E-state index in [0.717, 1.165) is 0 Å². The van der Waals surface area contributed by atoms with Crippen LogP contribution in [-0.4, -0.2) is 17.0 Å². The quantitative estimate of drug-likeness (QED) is 0.750. The van der Waals surface area contributed by atoms with Crippen molar-refractivity contribution in [1.82, 2.24) is 0 Å². The van der Waals surface area contributed by atoms with Crippen LogP contribution in [0.3, 0.4) is 0 Å². The maximum absolute atomic E-state index is 9.68. The Labute approximate surface area is 84.2 Å². The first-order valence-corrected chi connectivity index (χ1v) is 5.60. The van der Waals surface area contributed by atoms with Crippen LogP contribution >= 0.6 is 11.8 Å². The van der Waals surface area contributed by atoms with E-state index in [4.69, 9.17) is 0 Å². The van der Waals surface area contributed by atoms with E-state index in [1.807, 2.05) is 26.0 Å². The second-order valence-electron chi connectivity index (χ2n) is 3.80. The van der Waals surface area contributed by atoms with E-state index in [0.29, 0.717) is 6.42 Å². The summed E-state index contributed by atoms with van der Waals surface area (Å²) in [7, 11) is 0. The van der Waals surface area contributed by atoms with Gasteiger partial charge in [0.15, 0.2) is 0 Å². The van der Waals surface area contributed by atoms with E-state index in [1.165, 1.54) is 10.5 Å². The molecule has 0 aliphatic heterocycles. The Balaban J connectivity index is 2.87. The zero-order valence-corrected chi connectivity index (χ0v) is 9.19. The molecule has 1 rings (SSSR count). The number of thioether (sulfide) groups is 1. The molecule has 0 amide bonds. The van der Waals surface area contributed by atoms with Crippen molar-refractivity contribution < 1.29 is 5.11 Å². The van der Waals surface area contributed by atoms with Gasteiger partial charge in [0.25, 0.3) is 0 Å². The predicted molar refractivity (Wildman–Crippen MR) is 58.2 cm³/mol. The highest BCUT2D eigenvalue weighted by Gasteiger charge is 2.14. The summed E-state index contributed by atoms with van der Waals surface area (Å²) < 4.78 is 0. The van der Waals surface area contributed by atoms with Crippen molar-refractivity contribution in [3.8, 4) is 0 Å². The molecule has 0 atom stereocenters. The fourth-order valence-corrected chi connectivity index (χ4v) is 1.93. The SMILES string of the molecule is CSc1ccccc1CC(C)(C)O. The topological polar surface area (TPSA) is 20.2 Å². The molecular formula is C11H16OS. The molecule has 0 saturated heterocycles. The Morgan fingerprint density at radius 3 is 2.46 bits per heavy atom. The van der Waals surface area contributed by atoms with E-state index < -0.39 is 5.60 Å². The van der Waals surface area contributed by atoms with Crippen LogP contribution in [-0.2, 0) is 6.42 Å². The highest BCUT2D eigenvalue weighted by molar-refractivity contribution is 7.98. The Morgan fingerprint density at radius 2 is 1.92 bits per heavy atom. The van der Waals surface area contributed by atoms with Crippen LogP contribution in [0.2, 0.25) is 0 Å². The fraction of sp³-hybridized carbons (Fsp3) is 0.455. The third kappa shape index (κ3) is 3.41. The molecular weight excluding hydrogens is 180 g/mol. The molecule has 1 nitrogen and oxygen atoms in total. The molecule has 0 aliphatic carbocycles. The Kier molecular flexibility index (Phi) is 3.40. The van der Waals surface area contributed by atoms with Gasteiger partial charge in [0.1, 0.15) is 0 Å². The molecule has 0 unspecified atom stereocenters. The van der Waals surface area contributed by atoms with Crippen LogP contribution in [0.25, 0.3) is 0 Å². The lowest BCUT2D eigenvalue weighted by Gasteiger charge is -2.18. The summed E-state index contributed by atoms with van der Waals surface area (Å²) in [5.41, 5.74) is 0.605. The average molecular weight is 196 g/mol. The Bertz CT molecular complexity index is 276. The molecule has 1 aromatic carbocycles. The lowest BCUT2D eigenvalue weighted by Crippen LogP contribution is -2.22. The molecule has 0 bridgehead atoms. The van der Waals surface area contributed by atoms with E-state index in [9.17, 15) is 5.11 Å². The second-order valence-corrected chi connectivity index (χ2v) is 4.65. The number of aliphatic hydroxyl groups is 1. The monoisotopic (exact) mass is 196 g/mol. The lowest BCUT2D eigenvalue weighted by molar-refractivity contribution is 0.0804. The predicted octanol–water partition coefficient (Wildman–Crippen LogP) is 2.72. The maximum atomic E-state index is 9.68. The summed E-state index contributed by atoms with van der Waals surface area (Å²) in [5, 5.41) is 9.68. The van der Waals surface area contributed by atoms with Crippen molar-refractivity contribution in [3.63, 3.8) is 0 Å². The summed E-state index contributed by atoms with van der Waals surface area (Å²) in [6, 6.07) is 8.20. The van der Waals surface area contributed by atoms with Crippen LogP contribution in [0.4, 0.5) is 0 Å². The first-order valence-electron chi connectivity index (χ1n) is 4.37. The summed E-state index contributed by atoms with van der Waals surface area (Å²) in [5.74, 6) is 0. The maximum Gasteiger partial charge on any atom is 0.0632 e. The highest BCUT2D eigenvalue weighted by Crippen LogP contribution is 2.23. The van der Waals surface area contributed by atoms with Gasteiger partial charge in [0.05, 0.1) is 5.60 Å². The zero-order chi connectivity index (χ0) is 9.90. The Hall–Kier alpha value is -0.470. The minimum Gasteiger partial charge on any atom is -0.390 e. The minimum absolute atomic E-state index is 0.619. The van der Waals surface area contributed by atoms with Crippen LogP contribution in [0, 0.1) is 0 Å². The summed E-state index contributed by atoms with van der Waals surface area (Å²) in [6.45, 7) is 3.67. The number of benzene rings is 1. The molecule has 1 aromatic rings. The van der Waals surface area contributed by atoms with Crippen LogP contribution in [0.15, 0.2) is 29.2 Å². The van der Waals surface area contributed by atoms with Gasteiger partial charge in [-0.2, -0.15) is 0 Å². The fourth-order valence-electron chi connectivity index (χ4n) is 1.32. The van der Waals surface area contributed by atoms with Gasteiger partial charge in [-0.3, -0.25) is 0 Å². The van der Waals surface area contributed by atoms with Crippen molar-refractivity contribution in [3.05, 3.63) is 29.8 Å². The van der Waals surface area contributed by atoms with E-state index in [2.05, 4.69) is 18.4 Å². The smallest absolute Gasteiger partial charge is 0.0632 e. The van der Waals surface area contributed by atoms with E-state index in [-0.39, 0.29) is 0 Å². The summed E-state index contributed by atoms with van der Waals surface area (Å²) >= 11 is 1.72. The molecule has 0 aliphatic rings. The summed E-state index contributed by atoms with van der Waals surface area (Å²) in [4.78, 5) is 1.25. The molecule has 0 radical (unpaired) electrons. The van der Waals surface area contributed by atoms with Crippen LogP contribution < -0.4 is 0 Å². The van der Waals surface area contributed by atoms with Crippen molar-refractivity contribution in [2.24, 2.45) is 0 Å². The standard InChI is InChI=1S/C11H16OS/c1-11(2,12)8-9-6-4-5-7-10(9)13-3/h4-7,12H,8H2,1-3H3. The molecule has 0 saturated carbocycles. The molecule has 13 heavy (non-hydrogen) atoms. The van der Waals surface area contributed by atoms with Gasteiger partial charge in [-0.05, 0) is 31.7 Å². The number of hydrogen-bond donors (Lipinski definition) is 1. The molecule has 0 heterocycles. The molecule has 2 heteroatoms. The Morgan fingerprint density at radius 1 is 1.31 bits per heavy atom. The first kappa shape index (κ1) is 10.6.